The molecule has 26 heavy (non-hydrogen) atoms. The van der Waals surface area contributed by atoms with E-state index in [1.54, 1.807) is 0 Å². The van der Waals surface area contributed by atoms with Crippen LogP contribution in [0.15, 0.2) is 47.3 Å². The molecule has 0 aliphatic heterocycles. The fourth-order valence-corrected chi connectivity index (χ4v) is 3.35. The summed E-state index contributed by atoms with van der Waals surface area (Å²) < 4.78 is 1.17. The summed E-state index contributed by atoms with van der Waals surface area (Å²) in [6.07, 6.45) is 0.604. The summed E-state index contributed by atoms with van der Waals surface area (Å²) in [4.78, 5) is 15.4. The third kappa shape index (κ3) is 4.42. The summed E-state index contributed by atoms with van der Waals surface area (Å²) in [5.74, 6) is 0. The molecule has 0 saturated heterocycles. The SMILES string of the molecule is Cc1ccc2cc(CCNC(=S)Nc3ccc(I)cc3)c(=O)[nH]c2c1C. The Morgan fingerprint density at radius 1 is 1.15 bits per heavy atom. The van der Waals surface area contributed by atoms with Gasteiger partial charge < -0.3 is 15.6 Å². The molecule has 0 atom stereocenters. The number of aromatic nitrogens is 1. The van der Waals surface area contributed by atoms with E-state index in [4.69, 9.17) is 12.2 Å². The van der Waals surface area contributed by atoms with Crippen LogP contribution in [0.1, 0.15) is 16.7 Å². The van der Waals surface area contributed by atoms with Crippen molar-refractivity contribution in [1.82, 2.24) is 10.3 Å². The number of anilines is 1. The molecule has 0 radical (unpaired) electrons. The van der Waals surface area contributed by atoms with Crippen LogP contribution in [-0.2, 0) is 6.42 Å². The molecule has 1 heterocycles. The predicted molar refractivity (Wildman–Crippen MR) is 121 cm³/mol. The highest BCUT2D eigenvalue weighted by Crippen LogP contribution is 2.19. The van der Waals surface area contributed by atoms with E-state index >= 15 is 0 Å². The zero-order valence-corrected chi connectivity index (χ0v) is 17.6. The molecule has 0 amide bonds. The van der Waals surface area contributed by atoms with Gasteiger partial charge in [0.15, 0.2) is 5.11 Å². The van der Waals surface area contributed by atoms with Gasteiger partial charge in [0, 0.05) is 21.4 Å². The molecule has 6 heteroatoms. The van der Waals surface area contributed by atoms with E-state index in [1.165, 1.54) is 9.13 Å². The monoisotopic (exact) mass is 477 g/mol. The van der Waals surface area contributed by atoms with Crippen molar-refractivity contribution >= 4 is 56.5 Å². The van der Waals surface area contributed by atoms with Crippen LogP contribution in [0, 0.1) is 17.4 Å². The molecule has 3 rings (SSSR count). The van der Waals surface area contributed by atoms with E-state index in [1.807, 2.05) is 50.2 Å². The van der Waals surface area contributed by atoms with Gasteiger partial charge in [0.1, 0.15) is 0 Å². The predicted octanol–water partition coefficient (Wildman–Crippen LogP) is 4.28. The van der Waals surface area contributed by atoms with Crippen molar-refractivity contribution in [2.24, 2.45) is 0 Å². The minimum Gasteiger partial charge on any atom is -0.362 e. The van der Waals surface area contributed by atoms with Crippen molar-refractivity contribution in [2.75, 3.05) is 11.9 Å². The minimum atomic E-state index is -0.0375. The number of rotatable bonds is 4. The molecule has 0 unspecified atom stereocenters. The van der Waals surface area contributed by atoms with E-state index in [0.717, 1.165) is 27.7 Å². The van der Waals surface area contributed by atoms with Crippen LogP contribution in [-0.4, -0.2) is 16.6 Å². The van der Waals surface area contributed by atoms with Gasteiger partial charge >= 0.3 is 0 Å². The lowest BCUT2D eigenvalue weighted by Gasteiger charge is -2.11. The standard InChI is InChI=1S/C20H20IN3OS/c1-12-3-4-14-11-15(19(25)24-18(14)13(12)2)9-10-22-20(26)23-17-7-5-16(21)6-8-17/h3-8,11H,9-10H2,1-2H3,(H,24,25)(H2,22,23,26). The minimum absolute atomic E-state index is 0.0375. The molecule has 3 aromatic rings. The highest BCUT2D eigenvalue weighted by molar-refractivity contribution is 14.1. The van der Waals surface area contributed by atoms with Crippen LogP contribution in [0.4, 0.5) is 5.69 Å². The second-order valence-electron chi connectivity index (χ2n) is 6.23. The lowest BCUT2D eigenvalue weighted by molar-refractivity contribution is 0.863. The first-order chi connectivity index (χ1) is 12.4. The Bertz CT molecular complexity index is 1010. The molecule has 1 aromatic heterocycles. The van der Waals surface area contributed by atoms with E-state index in [9.17, 15) is 4.79 Å². The number of halogens is 1. The number of nitrogens with one attached hydrogen (secondary N) is 3. The van der Waals surface area contributed by atoms with E-state index in [2.05, 4.69) is 44.3 Å². The zero-order chi connectivity index (χ0) is 18.7. The molecular weight excluding hydrogens is 457 g/mol. The van der Waals surface area contributed by atoms with Crippen molar-refractivity contribution in [1.29, 1.82) is 0 Å². The average molecular weight is 477 g/mol. The van der Waals surface area contributed by atoms with Crippen LogP contribution in [0.5, 0.6) is 0 Å². The Morgan fingerprint density at radius 2 is 1.88 bits per heavy atom. The summed E-state index contributed by atoms with van der Waals surface area (Å²) in [5.41, 5.74) is 4.87. The van der Waals surface area contributed by atoms with Gasteiger partial charge in [-0.15, -0.1) is 0 Å². The van der Waals surface area contributed by atoms with Gasteiger partial charge in [0.25, 0.3) is 5.56 Å². The molecule has 0 aliphatic rings. The first kappa shape index (κ1) is 18.8. The number of fused-ring (bicyclic) bond motifs is 1. The van der Waals surface area contributed by atoms with Crippen molar-refractivity contribution in [2.45, 2.75) is 20.3 Å². The van der Waals surface area contributed by atoms with Crippen molar-refractivity contribution < 1.29 is 0 Å². The number of hydrogen-bond donors (Lipinski definition) is 3. The highest BCUT2D eigenvalue weighted by atomic mass is 127. The van der Waals surface area contributed by atoms with E-state index in [0.29, 0.717) is 18.1 Å². The van der Waals surface area contributed by atoms with Gasteiger partial charge in [-0.1, -0.05) is 12.1 Å². The third-order valence-electron chi connectivity index (χ3n) is 4.41. The van der Waals surface area contributed by atoms with Gasteiger partial charge in [0.2, 0.25) is 0 Å². The third-order valence-corrected chi connectivity index (χ3v) is 5.38. The van der Waals surface area contributed by atoms with Crippen LogP contribution < -0.4 is 16.2 Å². The summed E-state index contributed by atoms with van der Waals surface area (Å²) in [6.45, 7) is 4.67. The Hall–Kier alpha value is -1.93. The molecule has 0 aliphatic carbocycles. The fraction of sp³-hybridized carbons (Fsp3) is 0.200. The fourth-order valence-electron chi connectivity index (χ4n) is 2.77. The summed E-state index contributed by atoms with van der Waals surface area (Å²) in [6, 6.07) is 14.1. The van der Waals surface area contributed by atoms with Crippen LogP contribution in [0.25, 0.3) is 10.9 Å². The maximum Gasteiger partial charge on any atom is 0.251 e. The molecule has 3 N–H and O–H groups in total. The molecular formula is C20H20IN3OS. The Balaban J connectivity index is 1.63. The van der Waals surface area contributed by atoms with Crippen molar-refractivity contribution in [3.63, 3.8) is 0 Å². The second-order valence-corrected chi connectivity index (χ2v) is 7.89. The zero-order valence-electron chi connectivity index (χ0n) is 14.7. The van der Waals surface area contributed by atoms with Crippen LogP contribution in [0.2, 0.25) is 0 Å². The highest BCUT2D eigenvalue weighted by Gasteiger charge is 2.07. The Morgan fingerprint density at radius 3 is 2.62 bits per heavy atom. The lowest BCUT2D eigenvalue weighted by Crippen LogP contribution is -2.31. The topological polar surface area (TPSA) is 56.9 Å². The molecule has 2 aromatic carbocycles. The second kappa shape index (κ2) is 8.18. The number of aromatic amines is 1. The number of H-pyrrole nitrogens is 1. The van der Waals surface area contributed by atoms with Crippen LogP contribution >= 0.6 is 34.8 Å². The maximum absolute atomic E-state index is 12.4. The van der Waals surface area contributed by atoms with E-state index < -0.39 is 0 Å². The Labute approximate surface area is 171 Å². The number of pyridine rings is 1. The summed E-state index contributed by atoms with van der Waals surface area (Å²) in [7, 11) is 0. The smallest absolute Gasteiger partial charge is 0.251 e. The van der Waals surface area contributed by atoms with Crippen LogP contribution in [0.3, 0.4) is 0 Å². The van der Waals surface area contributed by atoms with Crippen molar-refractivity contribution in [3.05, 3.63) is 73.1 Å². The van der Waals surface area contributed by atoms with E-state index in [-0.39, 0.29) is 5.56 Å². The molecule has 134 valence electrons. The quantitative estimate of drug-likeness (QED) is 0.388. The molecule has 0 saturated carbocycles. The summed E-state index contributed by atoms with van der Waals surface area (Å²) >= 11 is 7.58. The normalized spacial score (nSPS) is 10.7. The van der Waals surface area contributed by atoms with Gasteiger partial charge in [-0.3, -0.25) is 4.79 Å². The first-order valence-electron chi connectivity index (χ1n) is 8.36. The molecule has 0 fully saturated rings. The molecule has 0 bridgehead atoms. The number of thiocarbonyl (C=S) groups is 1. The molecule has 0 spiro atoms. The van der Waals surface area contributed by atoms with Gasteiger partial charge in [0.05, 0.1) is 5.52 Å². The van der Waals surface area contributed by atoms with Gasteiger partial charge in [-0.25, -0.2) is 0 Å². The number of hydrogen-bond acceptors (Lipinski definition) is 2. The lowest BCUT2D eigenvalue weighted by atomic mass is 10.0. The largest absolute Gasteiger partial charge is 0.362 e. The number of aryl methyl sites for hydroxylation is 2. The first-order valence-corrected chi connectivity index (χ1v) is 9.85. The van der Waals surface area contributed by atoms with Crippen molar-refractivity contribution in [3.8, 4) is 0 Å². The maximum atomic E-state index is 12.4. The molecule has 4 nitrogen and oxygen atoms in total. The average Bonchev–Trinajstić information content (AvgIpc) is 2.61. The van der Waals surface area contributed by atoms with Gasteiger partial charge in [-0.05, 0) is 102 Å². The summed E-state index contributed by atoms with van der Waals surface area (Å²) in [5, 5.41) is 7.91. The number of benzene rings is 2. The Kier molecular flexibility index (Phi) is 5.93. The van der Waals surface area contributed by atoms with Gasteiger partial charge in [-0.2, -0.15) is 0 Å².